The fourth-order valence-corrected chi connectivity index (χ4v) is 5.76. The van der Waals surface area contributed by atoms with E-state index in [0.717, 1.165) is 17.5 Å². The van der Waals surface area contributed by atoms with E-state index >= 15 is 0 Å². The van der Waals surface area contributed by atoms with Crippen LogP contribution in [-0.4, -0.2) is 16.6 Å². The second-order valence-electron chi connectivity index (χ2n) is 11.6. The van der Waals surface area contributed by atoms with Crippen LogP contribution in [0.15, 0.2) is 12.1 Å². The molecule has 1 N–H and O–H groups in total. The molecule has 0 amide bonds. The molecule has 0 unspecified atom stereocenters. The number of aryl methyl sites for hydroxylation is 2. The highest BCUT2D eigenvalue weighted by atomic mass is 32.2. The topological polar surface area (TPSA) is 20.2 Å². The number of benzene rings is 1. The third-order valence-electron chi connectivity index (χ3n) is 7.06. The number of hydrogen-bond donors (Lipinski definition) is 1. The van der Waals surface area contributed by atoms with Gasteiger partial charge in [-0.25, -0.2) is 0 Å². The van der Waals surface area contributed by atoms with E-state index in [1.165, 1.54) is 126 Å². The average molecular weight is 491 g/mol. The van der Waals surface area contributed by atoms with Crippen molar-refractivity contribution in [3.05, 3.63) is 28.8 Å². The van der Waals surface area contributed by atoms with Crippen LogP contribution in [0.2, 0.25) is 0 Å². The summed E-state index contributed by atoms with van der Waals surface area (Å²) in [5, 5.41) is 10.4. The van der Waals surface area contributed by atoms with Crippen LogP contribution < -0.4 is 0 Å². The lowest BCUT2D eigenvalue weighted by Crippen LogP contribution is -2.12. The molecule has 0 spiro atoms. The molecule has 0 aliphatic carbocycles. The molecule has 0 aromatic heterocycles. The first-order valence-corrected chi connectivity index (χ1v) is 15.9. The normalized spacial score (nSPS) is 11.9. The van der Waals surface area contributed by atoms with Crippen molar-refractivity contribution in [1.29, 1.82) is 0 Å². The number of hydrogen-bond acceptors (Lipinski definition) is 2. The highest BCUT2D eigenvalue weighted by molar-refractivity contribution is 7.99. The Bertz CT molecular complexity index is 616. The molecular weight excluding hydrogens is 432 g/mol. The maximum atomic E-state index is 10.4. The molecule has 0 fully saturated rings. The summed E-state index contributed by atoms with van der Waals surface area (Å²) in [6.07, 6.45) is 25.4. The van der Waals surface area contributed by atoms with Gasteiger partial charge in [0.2, 0.25) is 0 Å². The van der Waals surface area contributed by atoms with Crippen LogP contribution in [0.5, 0.6) is 5.75 Å². The van der Waals surface area contributed by atoms with Crippen molar-refractivity contribution in [2.45, 2.75) is 156 Å². The molecule has 0 heterocycles. The van der Waals surface area contributed by atoms with E-state index < -0.39 is 0 Å². The lowest BCUT2D eigenvalue weighted by molar-refractivity contribution is 0.442. The Morgan fingerprint density at radius 2 is 1.09 bits per heavy atom. The van der Waals surface area contributed by atoms with Gasteiger partial charge in [0.25, 0.3) is 0 Å². The van der Waals surface area contributed by atoms with E-state index in [0.29, 0.717) is 5.75 Å². The summed E-state index contributed by atoms with van der Waals surface area (Å²) in [7, 11) is 0. The van der Waals surface area contributed by atoms with Crippen molar-refractivity contribution >= 4 is 11.8 Å². The number of rotatable bonds is 21. The SMILES string of the molecule is CCCCCCCCCCCCCCCCCCSCCCc1cc(C)c(O)c(C(C)(C)C)c1. The third-order valence-corrected chi connectivity index (χ3v) is 8.22. The molecule has 198 valence electrons. The van der Waals surface area contributed by atoms with E-state index in [1.54, 1.807) is 0 Å². The summed E-state index contributed by atoms with van der Waals surface area (Å²) in [5.74, 6) is 3.05. The first-order chi connectivity index (χ1) is 16.4. The van der Waals surface area contributed by atoms with Crippen molar-refractivity contribution < 1.29 is 5.11 Å². The van der Waals surface area contributed by atoms with Crippen LogP contribution in [-0.2, 0) is 11.8 Å². The highest BCUT2D eigenvalue weighted by Gasteiger charge is 2.20. The molecule has 0 saturated heterocycles. The Morgan fingerprint density at radius 3 is 1.56 bits per heavy atom. The number of thioether (sulfide) groups is 1. The van der Waals surface area contributed by atoms with Gasteiger partial charge in [-0.15, -0.1) is 0 Å². The van der Waals surface area contributed by atoms with Gasteiger partial charge in [-0.2, -0.15) is 11.8 Å². The maximum absolute atomic E-state index is 10.4. The second-order valence-corrected chi connectivity index (χ2v) is 12.8. The lowest BCUT2D eigenvalue weighted by atomic mass is 9.84. The molecule has 0 radical (unpaired) electrons. The van der Waals surface area contributed by atoms with Gasteiger partial charge in [0.05, 0.1) is 0 Å². The molecule has 1 nitrogen and oxygen atoms in total. The van der Waals surface area contributed by atoms with Gasteiger partial charge in [-0.1, -0.05) is 136 Å². The van der Waals surface area contributed by atoms with Gasteiger partial charge in [0.1, 0.15) is 5.75 Å². The molecule has 0 aliphatic rings. The molecule has 1 aromatic carbocycles. The fourth-order valence-electron chi connectivity index (χ4n) is 4.80. The van der Waals surface area contributed by atoms with Crippen LogP contribution in [0.3, 0.4) is 0 Å². The number of phenolic OH excluding ortho intramolecular Hbond substituents is 1. The number of aromatic hydroxyl groups is 1. The summed E-state index contributed by atoms with van der Waals surface area (Å²) in [6, 6.07) is 4.40. The van der Waals surface area contributed by atoms with E-state index in [1.807, 2.05) is 6.92 Å². The minimum absolute atomic E-state index is 0.00710. The predicted octanol–water partition coefficient (Wildman–Crippen LogP) is 10.9. The maximum Gasteiger partial charge on any atom is 0.122 e. The van der Waals surface area contributed by atoms with E-state index in [2.05, 4.69) is 51.6 Å². The summed E-state index contributed by atoms with van der Waals surface area (Å²) >= 11 is 2.13. The zero-order chi connectivity index (χ0) is 25.1. The summed E-state index contributed by atoms with van der Waals surface area (Å²) < 4.78 is 0. The van der Waals surface area contributed by atoms with Crippen molar-refractivity contribution in [1.82, 2.24) is 0 Å². The minimum atomic E-state index is -0.00710. The zero-order valence-corrected chi connectivity index (χ0v) is 24.5. The zero-order valence-electron chi connectivity index (χ0n) is 23.7. The summed E-state index contributed by atoms with van der Waals surface area (Å²) in [5.41, 5.74) is 3.47. The molecule has 0 aliphatic heterocycles. The third kappa shape index (κ3) is 15.4. The van der Waals surface area contributed by atoms with Crippen LogP contribution in [0.4, 0.5) is 0 Å². The van der Waals surface area contributed by atoms with E-state index in [4.69, 9.17) is 0 Å². The average Bonchev–Trinajstić information content (AvgIpc) is 2.79. The number of phenols is 1. The second kappa shape index (κ2) is 19.5. The molecular formula is C32H58OS. The summed E-state index contributed by atoms with van der Waals surface area (Å²) in [4.78, 5) is 0. The molecule has 0 bridgehead atoms. The first kappa shape index (κ1) is 31.4. The van der Waals surface area contributed by atoms with Crippen molar-refractivity contribution in [3.8, 4) is 5.75 Å². The van der Waals surface area contributed by atoms with E-state index in [-0.39, 0.29) is 5.41 Å². The van der Waals surface area contributed by atoms with Crippen molar-refractivity contribution in [2.24, 2.45) is 0 Å². The van der Waals surface area contributed by atoms with Gasteiger partial charge in [-0.3, -0.25) is 0 Å². The molecule has 1 rings (SSSR count). The molecule has 0 saturated carbocycles. The van der Waals surface area contributed by atoms with Crippen LogP contribution in [0, 0.1) is 6.92 Å². The van der Waals surface area contributed by atoms with Gasteiger partial charge in [-0.05, 0) is 59.8 Å². The highest BCUT2D eigenvalue weighted by Crippen LogP contribution is 2.34. The largest absolute Gasteiger partial charge is 0.507 e. The lowest BCUT2D eigenvalue weighted by Gasteiger charge is -2.22. The smallest absolute Gasteiger partial charge is 0.122 e. The predicted molar refractivity (Wildman–Crippen MR) is 157 cm³/mol. The number of unbranched alkanes of at least 4 members (excludes halogenated alkanes) is 15. The fraction of sp³-hybridized carbons (Fsp3) is 0.812. The Hall–Kier alpha value is -0.630. The van der Waals surface area contributed by atoms with Crippen LogP contribution >= 0.6 is 11.8 Å². The van der Waals surface area contributed by atoms with Crippen molar-refractivity contribution in [3.63, 3.8) is 0 Å². The quantitative estimate of drug-likeness (QED) is 0.173. The molecule has 1 aromatic rings. The summed E-state index contributed by atoms with van der Waals surface area (Å²) in [6.45, 7) is 10.9. The van der Waals surface area contributed by atoms with Crippen LogP contribution in [0.25, 0.3) is 0 Å². The first-order valence-electron chi connectivity index (χ1n) is 14.8. The van der Waals surface area contributed by atoms with Gasteiger partial charge < -0.3 is 5.11 Å². The van der Waals surface area contributed by atoms with Gasteiger partial charge >= 0.3 is 0 Å². The van der Waals surface area contributed by atoms with Crippen molar-refractivity contribution in [2.75, 3.05) is 11.5 Å². The Labute approximate surface area is 218 Å². The van der Waals surface area contributed by atoms with Crippen LogP contribution in [0.1, 0.15) is 154 Å². The van der Waals surface area contributed by atoms with Gasteiger partial charge in [0, 0.05) is 0 Å². The molecule has 0 atom stereocenters. The molecule has 2 heteroatoms. The Kier molecular flexibility index (Phi) is 18.1. The Morgan fingerprint density at radius 1 is 0.647 bits per heavy atom. The standard InChI is InChI=1S/C32H58OS/c1-6-7-8-9-10-11-12-13-14-15-16-17-18-19-20-21-24-34-25-22-23-29-26-28(2)31(33)30(27-29)32(3,4)5/h26-27,33H,6-25H2,1-5H3. The Balaban J connectivity index is 1.90. The minimum Gasteiger partial charge on any atom is -0.507 e. The molecule has 34 heavy (non-hydrogen) atoms. The van der Waals surface area contributed by atoms with Gasteiger partial charge in [0.15, 0.2) is 0 Å². The monoisotopic (exact) mass is 490 g/mol. The van der Waals surface area contributed by atoms with E-state index in [9.17, 15) is 5.11 Å².